The van der Waals surface area contributed by atoms with E-state index in [1.807, 2.05) is 6.92 Å². The van der Waals surface area contributed by atoms with Crippen LogP contribution in [0.3, 0.4) is 0 Å². The van der Waals surface area contributed by atoms with Crippen LogP contribution in [0.5, 0.6) is 0 Å². The van der Waals surface area contributed by atoms with Gasteiger partial charge in [0.2, 0.25) is 5.95 Å². The third-order valence-corrected chi connectivity index (χ3v) is 8.53. The number of halogens is 2. The molecule has 7 nitrogen and oxygen atoms in total. The summed E-state index contributed by atoms with van der Waals surface area (Å²) < 4.78 is 14.3. The summed E-state index contributed by atoms with van der Waals surface area (Å²) >= 11 is 6.57. The van der Waals surface area contributed by atoms with E-state index >= 15 is 0 Å². The lowest BCUT2D eigenvalue weighted by molar-refractivity contribution is -0.138. The smallest absolute Gasteiger partial charge is 0.304 e. The maximum atomic E-state index is 14.3. The number of carbonyl (C=O) groups is 1. The number of fused-ring (bicyclic) bond motifs is 1. The van der Waals surface area contributed by atoms with E-state index < -0.39 is 17.2 Å². The van der Waals surface area contributed by atoms with E-state index in [0.717, 1.165) is 37.3 Å². The zero-order valence-corrected chi connectivity index (χ0v) is 22.4. The molecule has 3 aliphatic rings. The molecule has 3 aromatic rings. The lowest BCUT2D eigenvalue weighted by Crippen LogP contribution is -2.35. The Morgan fingerprint density at radius 1 is 1.29 bits per heavy atom. The molecule has 1 aliphatic carbocycles. The van der Waals surface area contributed by atoms with E-state index in [-0.39, 0.29) is 6.42 Å². The molecule has 198 valence electrons. The molecule has 0 amide bonds. The van der Waals surface area contributed by atoms with Gasteiger partial charge in [0.25, 0.3) is 0 Å². The molecule has 0 saturated carbocycles. The summed E-state index contributed by atoms with van der Waals surface area (Å²) in [6.45, 7) is 7.50. The first-order valence-corrected chi connectivity index (χ1v) is 13.6. The van der Waals surface area contributed by atoms with E-state index in [4.69, 9.17) is 16.6 Å². The number of likely N-dealkylation sites (N-methyl/N-ethyl adjacent to an activating group) is 1. The fraction of sp³-hybridized carbons (Fsp3) is 0.414. The van der Waals surface area contributed by atoms with Crippen molar-refractivity contribution in [3.8, 4) is 0 Å². The van der Waals surface area contributed by atoms with Crippen LogP contribution in [0.2, 0.25) is 5.02 Å². The normalized spacial score (nSPS) is 22.2. The van der Waals surface area contributed by atoms with E-state index in [2.05, 4.69) is 34.3 Å². The van der Waals surface area contributed by atoms with Crippen molar-refractivity contribution < 1.29 is 14.3 Å². The van der Waals surface area contributed by atoms with Crippen LogP contribution >= 0.6 is 11.6 Å². The predicted octanol–water partition coefficient (Wildman–Crippen LogP) is 6.15. The van der Waals surface area contributed by atoms with Gasteiger partial charge in [-0.3, -0.25) is 9.69 Å². The van der Waals surface area contributed by atoms with Gasteiger partial charge in [-0.15, -0.1) is 0 Å². The van der Waals surface area contributed by atoms with Gasteiger partial charge in [0.05, 0.1) is 12.6 Å². The summed E-state index contributed by atoms with van der Waals surface area (Å²) in [5.41, 5.74) is 5.84. The lowest BCUT2D eigenvalue weighted by atomic mass is 9.77. The van der Waals surface area contributed by atoms with Crippen molar-refractivity contribution in [2.24, 2.45) is 0 Å². The van der Waals surface area contributed by atoms with Gasteiger partial charge in [0.1, 0.15) is 10.8 Å². The minimum absolute atomic E-state index is 0.0936. The van der Waals surface area contributed by atoms with Crippen molar-refractivity contribution in [1.29, 1.82) is 0 Å². The van der Waals surface area contributed by atoms with Crippen molar-refractivity contribution >= 4 is 40.7 Å². The second kappa shape index (κ2) is 9.50. The zero-order valence-electron chi connectivity index (χ0n) is 21.6. The Morgan fingerprint density at radius 3 is 2.89 bits per heavy atom. The monoisotopic (exact) mass is 535 g/mol. The molecular formula is C29H31ClFN5O2. The van der Waals surface area contributed by atoms with Gasteiger partial charge in [0.15, 0.2) is 5.82 Å². The molecule has 1 aromatic heterocycles. The summed E-state index contributed by atoms with van der Waals surface area (Å²) in [6, 6.07) is 8.87. The molecule has 2 unspecified atom stereocenters. The predicted molar refractivity (Wildman–Crippen MR) is 146 cm³/mol. The topological polar surface area (TPSA) is 81.6 Å². The quantitative estimate of drug-likeness (QED) is 0.391. The number of aryl methyl sites for hydroxylation is 1. The van der Waals surface area contributed by atoms with Crippen LogP contribution in [0.25, 0.3) is 0 Å². The molecule has 2 atom stereocenters. The Hall–Kier alpha value is -3.23. The number of anilines is 4. The van der Waals surface area contributed by atoms with Crippen LogP contribution in [0, 0.1) is 5.82 Å². The Kier molecular flexibility index (Phi) is 6.27. The second-order valence-corrected chi connectivity index (χ2v) is 11.4. The summed E-state index contributed by atoms with van der Waals surface area (Å²) in [5.74, 6) is 0.0875. The van der Waals surface area contributed by atoms with Gasteiger partial charge in [-0.25, -0.2) is 9.37 Å². The van der Waals surface area contributed by atoms with Crippen molar-refractivity contribution in [1.82, 2.24) is 14.9 Å². The number of carboxylic acid groups (broad SMARTS) is 1. The standard InChI is InChI=1S/C29H31ClFN5O2/c1-3-35-14-18-6-4-5-17-9-21(10-19(15-35)26(17)18)33-28-32-13-23(30)27(34-28)36-16-29(2,12-25(37)38)22-8-7-20(31)11-24(22)36/h7-11,13,18H,3-6,12,14-16H2,1-2H3,(H,37,38)(H,32,33,34). The number of hydrogen-bond donors (Lipinski definition) is 2. The zero-order chi connectivity index (χ0) is 26.6. The molecule has 0 fully saturated rings. The van der Waals surface area contributed by atoms with Gasteiger partial charge >= 0.3 is 5.97 Å². The summed E-state index contributed by atoms with van der Waals surface area (Å²) in [5, 5.41) is 13.3. The number of nitrogens with one attached hydrogen (secondary N) is 1. The van der Waals surface area contributed by atoms with Gasteiger partial charge < -0.3 is 15.3 Å². The number of aromatic nitrogens is 2. The molecule has 6 rings (SSSR count). The third kappa shape index (κ3) is 4.39. The number of rotatable bonds is 6. The minimum Gasteiger partial charge on any atom is -0.481 e. The minimum atomic E-state index is -0.916. The van der Waals surface area contributed by atoms with Crippen LogP contribution in [0.4, 0.5) is 27.5 Å². The Bertz CT molecular complexity index is 1430. The SMILES string of the molecule is CCN1Cc2cc(Nc3ncc(Cl)c(N4CC(C)(CC(=O)O)c5ccc(F)cc54)n3)cc3c2C(CCC3)C1. The lowest BCUT2D eigenvalue weighted by Gasteiger charge is -2.38. The molecule has 0 saturated heterocycles. The molecule has 0 bridgehead atoms. The third-order valence-electron chi connectivity index (χ3n) is 8.26. The summed E-state index contributed by atoms with van der Waals surface area (Å²) in [4.78, 5) is 25.1. The van der Waals surface area contributed by atoms with E-state index in [1.165, 1.54) is 47.9 Å². The fourth-order valence-electron chi connectivity index (χ4n) is 6.61. The molecule has 2 aliphatic heterocycles. The number of nitrogens with zero attached hydrogens (tertiary/aromatic N) is 4. The van der Waals surface area contributed by atoms with Crippen LogP contribution in [0.15, 0.2) is 36.5 Å². The van der Waals surface area contributed by atoms with Crippen molar-refractivity contribution in [2.75, 3.05) is 29.9 Å². The Balaban J connectivity index is 1.35. The molecule has 38 heavy (non-hydrogen) atoms. The van der Waals surface area contributed by atoms with Gasteiger partial charge in [-0.05, 0) is 78.2 Å². The average molecular weight is 536 g/mol. The highest BCUT2D eigenvalue weighted by Crippen LogP contribution is 2.47. The highest BCUT2D eigenvalue weighted by atomic mass is 35.5. The van der Waals surface area contributed by atoms with Crippen molar-refractivity contribution in [3.05, 3.63) is 69.6 Å². The number of hydrogen-bond acceptors (Lipinski definition) is 6. The van der Waals surface area contributed by atoms with Crippen LogP contribution in [-0.4, -0.2) is 45.6 Å². The van der Waals surface area contributed by atoms with Gasteiger partial charge in [-0.2, -0.15) is 4.98 Å². The maximum absolute atomic E-state index is 14.3. The maximum Gasteiger partial charge on any atom is 0.304 e. The number of benzene rings is 2. The first-order valence-electron chi connectivity index (χ1n) is 13.2. The first-order chi connectivity index (χ1) is 18.2. The number of aliphatic carboxylic acids is 1. The second-order valence-electron chi connectivity index (χ2n) is 11.0. The van der Waals surface area contributed by atoms with E-state index in [0.29, 0.717) is 34.9 Å². The van der Waals surface area contributed by atoms with Crippen LogP contribution in [0.1, 0.15) is 61.3 Å². The van der Waals surface area contributed by atoms with Crippen molar-refractivity contribution in [2.45, 2.75) is 57.4 Å². The van der Waals surface area contributed by atoms with E-state index in [1.54, 1.807) is 11.0 Å². The first kappa shape index (κ1) is 25.1. The molecular weight excluding hydrogens is 505 g/mol. The molecule has 0 spiro atoms. The Morgan fingerprint density at radius 2 is 2.11 bits per heavy atom. The molecule has 0 radical (unpaired) electrons. The molecule has 3 heterocycles. The highest BCUT2D eigenvalue weighted by molar-refractivity contribution is 6.33. The molecule has 9 heteroatoms. The average Bonchev–Trinajstić information content (AvgIpc) is 3.15. The van der Waals surface area contributed by atoms with Crippen molar-refractivity contribution in [3.63, 3.8) is 0 Å². The highest BCUT2D eigenvalue weighted by Gasteiger charge is 2.42. The Labute approximate surface area is 226 Å². The van der Waals surface area contributed by atoms with Crippen LogP contribution in [-0.2, 0) is 23.2 Å². The van der Waals surface area contributed by atoms with Gasteiger partial charge in [0, 0.05) is 36.4 Å². The largest absolute Gasteiger partial charge is 0.481 e. The van der Waals surface area contributed by atoms with Crippen LogP contribution < -0.4 is 10.2 Å². The molecule has 2 aromatic carbocycles. The number of carboxylic acids is 1. The summed E-state index contributed by atoms with van der Waals surface area (Å²) in [7, 11) is 0. The van der Waals surface area contributed by atoms with E-state index in [9.17, 15) is 14.3 Å². The molecule has 2 N–H and O–H groups in total. The fourth-order valence-corrected chi connectivity index (χ4v) is 6.80. The van der Waals surface area contributed by atoms with Gasteiger partial charge in [-0.1, -0.05) is 31.5 Å². The summed E-state index contributed by atoms with van der Waals surface area (Å²) in [6.07, 6.45) is 4.95.